The molecule has 4 saturated heterocycles. The van der Waals surface area contributed by atoms with Crippen molar-refractivity contribution in [3.8, 4) is 10.6 Å². The van der Waals surface area contributed by atoms with Crippen LogP contribution in [0.15, 0.2) is 28.1 Å². The van der Waals surface area contributed by atoms with E-state index < -0.39 is 9.84 Å². The van der Waals surface area contributed by atoms with Crippen LogP contribution < -0.4 is 15.1 Å². The van der Waals surface area contributed by atoms with Crippen LogP contribution in [0.2, 0.25) is 0 Å². The van der Waals surface area contributed by atoms with Crippen molar-refractivity contribution in [3.63, 3.8) is 0 Å². The Morgan fingerprint density at radius 3 is 2.59 bits per heavy atom. The number of nitrogens with one attached hydrogen (secondary N) is 1. The Kier molecular flexibility index (Phi) is 3.91. The van der Waals surface area contributed by atoms with Crippen LogP contribution in [0.3, 0.4) is 0 Å². The number of piperazine rings is 1. The molecule has 0 radical (unpaired) electrons. The molecule has 4 fully saturated rings. The Labute approximate surface area is 172 Å². The van der Waals surface area contributed by atoms with Crippen LogP contribution in [0.5, 0.6) is 0 Å². The zero-order valence-electron chi connectivity index (χ0n) is 15.7. The molecule has 1 aromatic carbocycles. The number of sulfone groups is 1. The second-order valence-corrected chi connectivity index (χ2v) is 11.2. The van der Waals surface area contributed by atoms with Gasteiger partial charge >= 0.3 is 0 Å². The molecular formula is C19H21N5O3S2. The Hall–Kier alpha value is -2.17. The standard InChI is InChI=1S/C19H21N5O3S2/c25-29(26)7-4-23(5-8-29)15-2-1-14(18-20-3-6-28-18)17-16(15)22-19(27-17)24-10-12-9-13(11-24)21-12/h1-3,6,12-13,21H,4-5,7-11H2. The molecule has 1 N–H and O–H groups in total. The lowest BCUT2D eigenvalue weighted by Gasteiger charge is -2.47. The molecule has 0 aliphatic carbocycles. The van der Waals surface area contributed by atoms with E-state index in [1.807, 2.05) is 17.5 Å². The van der Waals surface area contributed by atoms with Crippen LogP contribution in [0.4, 0.5) is 11.7 Å². The van der Waals surface area contributed by atoms with Gasteiger partial charge in [0.25, 0.3) is 6.01 Å². The van der Waals surface area contributed by atoms with E-state index in [1.165, 1.54) is 6.42 Å². The Morgan fingerprint density at radius 2 is 1.90 bits per heavy atom. The monoisotopic (exact) mass is 431 g/mol. The summed E-state index contributed by atoms with van der Waals surface area (Å²) in [5.41, 5.74) is 3.39. The first-order valence-corrected chi connectivity index (χ1v) is 12.6. The topological polar surface area (TPSA) is 91.6 Å². The van der Waals surface area contributed by atoms with Crippen LogP contribution in [-0.4, -0.2) is 68.2 Å². The number of piperidine rings is 1. The van der Waals surface area contributed by atoms with Crippen LogP contribution in [0, 0.1) is 0 Å². The number of oxazole rings is 1. The number of hydrogen-bond donors (Lipinski definition) is 1. The number of hydrogen-bond acceptors (Lipinski definition) is 9. The van der Waals surface area contributed by atoms with E-state index in [1.54, 1.807) is 17.5 Å². The highest BCUT2D eigenvalue weighted by atomic mass is 32.2. The summed E-state index contributed by atoms with van der Waals surface area (Å²) in [5.74, 6) is 0.350. The highest BCUT2D eigenvalue weighted by Gasteiger charge is 2.38. The van der Waals surface area contributed by atoms with Gasteiger partial charge in [-0.3, -0.25) is 0 Å². The molecule has 0 spiro atoms. The third-order valence-electron chi connectivity index (χ3n) is 6.05. The minimum atomic E-state index is -2.94. The summed E-state index contributed by atoms with van der Waals surface area (Å²) in [4.78, 5) is 13.7. The van der Waals surface area contributed by atoms with Gasteiger partial charge in [0.15, 0.2) is 15.4 Å². The van der Waals surface area contributed by atoms with E-state index in [-0.39, 0.29) is 11.5 Å². The van der Waals surface area contributed by atoms with Crippen LogP contribution in [0.1, 0.15) is 6.42 Å². The lowest BCUT2D eigenvalue weighted by molar-refractivity contribution is 0.220. The van der Waals surface area contributed by atoms with Crippen molar-refractivity contribution in [3.05, 3.63) is 23.7 Å². The maximum atomic E-state index is 11.9. The molecule has 152 valence electrons. The van der Waals surface area contributed by atoms with Gasteiger partial charge in [0.1, 0.15) is 10.5 Å². The largest absolute Gasteiger partial charge is 0.423 e. The molecule has 3 aromatic rings. The van der Waals surface area contributed by atoms with Crippen molar-refractivity contribution >= 4 is 44.0 Å². The number of anilines is 2. The molecule has 4 aliphatic heterocycles. The average molecular weight is 432 g/mol. The van der Waals surface area contributed by atoms with Crippen LogP contribution >= 0.6 is 11.3 Å². The minimum Gasteiger partial charge on any atom is -0.423 e. The third-order valence-corrected chi connectivity index (χ3v) is 8.47. The van der Waals surface area contributed by atoms with Gasteiger partial charge in [-0.2, -0.15) is 4.98 Å². The van der Waals surface area contributed by atoms with E-state index in [2.05, 4.69) is 20.1 Å². The maximum absolute atomic E-state index is 11.9. The lowest BCUT2D eigenvalue weighted by Crippen LogP contribution is -2.67. The number of rotatable bonds is 3. The highest BCUT2D eigenvalue weighted by Crippen LogP contribution is 2.39. The number of fused-ring (bicyclic) bond motifs is 3. The summed E-state index contributed by atoms with van der Waals surface area (Å²) in [5, 5.41) is 6.38. The van der Waals surface area contributed by atoms with Gasteiger partial charge < -0.3 is 19.5 Å². The second-order valence-electron chi connectivity index (χ2n) is 7.98. The predicted octanol–water partition coefficient (Wildman–Crippen LogP) is 1.74. The van der Waals surface area contributed by atoms with Crippen molar-refractivity contribution in [1.29, 1.82) is 0 Å². The number of benzene rings is 1. The Morgan fingerprint density at radius 1 is 1.14 bits per heavy atom. The third kappa shape index (κ3) is 3.01. The molecule has 6 heterocycles. The number of thiazole rings is 1. The van der Waals surface area contributed by atoms with Gasteiger partial charge in [0.2, 0.25) is 0 Å². The molecule has 2 atom stereocenters. The van der Waals surface area contributed by atoms with Gasteiger partial charge in [0, 0.05) is 49.8 Å². The number of aromatic nitrogens is 2. The molecule has 29 heavy (non-hydrogen) atoms. The van der Waals surface area contributed by atoms with Crippen molar-refractivity contribution in [2.24, 2.45) is 0 Å². The van der Waals surface area contributed by atoms with E-state index in [9.17, 15) is 8.42 Å². The smallest absolute Gasteiger partial charge is 0.298 e. The van der Waals surface area contributed by atoms with Gasteiger partial charge in [-0.15, -0.1) is 11.3 Å². The minimum absolute atomic E-state index is 0.175. The molecular weight excluding hydrogens is 410 g/mol. The molecule has 7 rings (SSSR count). The zero-order valence-corrected chi connectivity index (χ0v) is 17.4. The van der Waals surface area contributed by atoms with Crippen molar-refractivity contribution in [2.75, 3.05) is 47.5 Å². The van der Waals surface area contributed by atoms with Gasteiger partial charge in [-0.1, -0.05) is 0 Å². The highest BCUT2D eigenvalue weighted by molar-refractivity contribution is 7.91. The fourth-order valence-corrected chi connectivity index (χ4v) is 6.38. The van der Waals surface area contributed by atoms with E-state index in [4.69, 9.17) is 9.40 Å². The molecule has 2 aromatic heterocycles. The molecule has 0 saturated carbocycles. The summed E-state index contributed by atoms with van der Waals surface area (Å²) < 4.78 is 30.0. The fourth-order valence-electron chi connectivity index (χ4n) is 4.52. The Balaban J connectivity index is 1.44. The average Bonchev–Trinajstić information content (AvgIpc) is 3.37. The number of nitrogens with zero attached hydrogens (tertiary/aromatic N) is 4. The predicted molar refractivity (Wildman–Crippen MR) is 114 cm³/mol. The second kappa shape index (κ2) is 6.41. The van der Waals surface area contributed by atoms with Crippen molar-refractivity contribution < 1.29 is 12.8 Å². The first-order valence-electron chi connectivity index (χ1n) is 9.85. The Bertz CT molecular complexity index is 1140. The maximum Gasteiger partial charge on any atom is 0.298 e. The fraction of sp³-hybridized carbons (Fsp3) is 0.474. The molecule has 10 heteroatoms. The van der Waals surface area contributed by atoms with Crippen molar-refractivity contribution in [1.82, 2.24) is 15.3 Å². The van der Waals surface area contributed by atoms with E-state index >= 15 is 0 Å². The first kappa shape index (κ1) is 17.7. The first-order chi connectivity index (χ1) is 14.1. The van der Waals surface area contributed by atoms with Crippen molar-refractivity contribution in [2.45, 2.75) is 18.5 Å². The summed E-state index contributed by atoms with van der Waals surface area (Å²) in [6.07, 6.45) is 3.00. The zero-order chi connectivity index (χ0) is 19.6. The van der Waals surface area contributed by atoms with E-state index in [0.717, 1.165) is 40.4 Å². The summed E-state index contributed by atoms with van der Waals surface area (Å²) >= 11 is 1.57. The SMILES string of the molecule is O=S1(=O)CCN(c2ccc(-c3nccs3)c3oc(N4CC5CC(C4)N5)nc23)CC1. The van der Waals surface area contributed by atoms with Crippen LogP contribution in [0.25, 0.3) is 21.7 Å². The summed E-state index contributed by atoms with van der Waals surface area (Å²) in [6, 6.07) is 5.71. The molecule has 2 unspecified atom stereocenters. The summed E-state index contributed by atoms with van der Waals surface area (Å²) in [7, 11) is -2.94. The van der Waals surface area contributed by atoms with E-state index in [0.29, 0.717) is 31.2 Å². The van der Waals surface area contributed by atoms with Gasteiger partial charge in [-0.25, -0.2) is 13.4 Å². The molecule has 8 nitrogen and oxygen atoms in total. The quantitative estimate of drug-likeness (QED) is 0.671. The molecule has 0 amide bonds. The normalized spacial score (nSPS) is 25.9. The van der Waals surface area contributed by atoms with Gasteiger partial charge in [0.05, 0.1) is 22.8 Å². The molecule has 2 bridgehead atoms. The lowest BCUT2D eigenvalue weighted by atomic mass is 9.92. The summed E-state index contributed by atoms with van der Waals surface area (Å²) in [6.45, 7) is 2.75. The van der Waals surface area contributed by atoms with Gasteiger partial charge in [-0.05, 0) is 18.6 Å². The van der Waals surface area contributed by atoms with Crippen LogP contribution in [-0.2, 0) is 9.84 Å². The molecule has 4 aliphatic rings.